The number of aromatic nitrogens is 2. The van der Waals surface area contributed by atoms with Gasteiger partial charge in [-0.05, 0) is 64.9 Å². The van der Waals surface area contributed by atoms with E-state index in [0.717, 1.165) is 61.2 Å². The summed E-state index contributed by atoms with van der Waals surface area (Å²) in [6.07, 6.45) is 4.98. The summed E-state index contributed by atoms with van der Waals surface area (Å²) in [5, 5.41) is 3.58. The second-order valence-electron chi connectivity index (χ2n) is 8.20. The van der Waals surface area contributed by atoms with Crippen molar-refractivity contribution in [2.45, 2.75) is 37.3 Å². The lowest BCUT2D eigenvalue weighted by Gasteiger charge is -2.20. The Morgan fingerprint density at radius 3 is 2.39 bits per heavy atom. The standard InChI is InChI=1S/C24H34N4O4S/c1-28(2)12-8-11-25-21(29)15-33-24-26-18-10-7-6-9-17(18)22(27-24)16-13-19(30-3)23(32-5)20(14-16)31-4/h13-14H,6-12,15H2,1-5H3,(H,25,29). The molecule has 1 aliphatic carbocycles. The van der Waals surface area contributed by atoms with E-state index in [2.05, 4.69) is 10.2 Å². The number of hydrogen-bond donors (Lipinski definition) is 1. The molecule has 1 aliphatic rings. The minimum Gasteiger partial charge on any atom is -0.493 e. The van der Waals surface area contributed by atoms with Crippen molar-refractivity contribution in [3.63, 3.8) is 0 Å². The molecule has 0 saturated carbocycles. The highest BCUT2D eigenvalue weighted by Crippen LogP contribution is 2.42. The lowest BCUT2D eigenvalue weighted by atomic mass is 9.92. The van der Waals surface area contributed by atoms with Crippen LogP contribution in [0.25, 0.3) is 11.3 Å². The predicted octanol–water partition coefficient (Wildman–Crippen LogP) is 3.21. The second kappa shape index (κ2) is 12.1. The molecule has 180 valence electrons. The minimum atomic E-state index is -0.00517. The average molecular weight is 475 g/mol. The molecule has 2 aromatic rings. The Hall–Kier alpha value is -2.52. The molecule has 0 bridgehead atoms. The quantitative estimate of drug-likeness (QED) is 0.302. The Kier molecular flexibility index (Phi) is 9.20. The van der Waals surface area contributed by atoms with E-state index in [-0.39, 0.29) is 11.7 Å². The third kappa shape index (κ3) is 6.51. The van der Waals surface area contributed by atoms with Crippen LogP contribution in [-0.4, -0.2) is 75.0 Å². The maximum absolute atomic E-state index is 12.3. The van der Waals surface area contributed by atoms with Gasteiger partial charge < -0.3 is 24.4 Å². The molecular weight excluding hydrogens is 440 g/mol. The lowest BCUT2D eigenvalue weighted by Crippen LogP contribution is -2.28. The zero-order valence-electron chi connectivity index (χ0n) is 20.2. The van der Waals surface area contributed by atoms with E-state index in [1.807, 2.05) is 26.2 Å². The summed E-state index contributed by atoms with van der Waals surface area (Å²) >= 11 is 1.37. The molecule has 0 spiro atoms. The number of carbonyl (C=O) groups excluding carboxylic acids is 1. The summed E-state index contributed by atoms with van der Waals surface area (Å²) < 4.78 is 16.6. The summed E-state index contributed by atoms with van der Waals surface area (Å²) in [6.45, 7) is 1.61. The maximum atomic E-state index is 12.3. The van der Waals surface area contributed by atoms with Crippen molar-refractivity contribution in [1.29, 1.82) is 0 Å². The third-order valence-electron chi connectivity index (χ3n) is 5.54. The first-order chi connectivity index (χ1) is 16.0. The van der Waals surface area contributed by atoms with Crippen LogP contribution in [0.2, 0.25) is 0 Å². The number of amides is 1. The number of fused-ring (bicyclic) bond motifs is 1. The van der Waals surface area contributed by atoms with E-state index < -0.39 is 0 Å². The fourth-order valence-electron chi connectivity index (χ4n) is 3.90. The van der Waals surface area contributed by atoms with Crippen LogP contribution in [0.3, 0.4) is 0 Å². The highest BCUT2D eigenvalue weighted by Gasteiger charge is 2.22. The summed E-state index contributed by atoms with van der Waals surface area (Å²) in [6, 6.07) is 3.84. The van der Waals surface area contributed by atoms with Gasteiger partial charge in [0.05, 0.1) is 32.8 Å². The van der Waals surface area contributed by atoms with E-state index in [9.17, 15) is 4.79 Å². The Morgan fingerprint density at radius 1 is 1.06 bits per heavy atom. The fourth-order valence-corrected chi connectivity index (χ4v) is 4.59. The molecule has 1 heterocycles. The SMILES string of the molecule is COc1cc(-c2nc(SCC(=O)NCCCN(C)C)nc3c2CCCC3)cc(OC)c1OC. The van der Waals surface area contributed by atoms with Crippen LogP contribution in [0.1, 0.15) is 30.5 Å². The van der Waals surface area contributed by atoms with Crippen molar-refractivity contribution in [3.05, 3.63) is 23.4 Å². The first-order valence-electron chi connectivity index (χ1n) is 11.2. The zero-order chi connectivity index (χ0) is 23.8. The van der Waals surface area contributed by atoms with E-state index in [4.69, 9.17) is 24.2 Å². The van der Waals surface area contributed by atoms with Gasteiger partial charge in [-0.15, -0.1) is 0 Å². The molecule has 1 amide bonds. The van der Waals surface area contributed by atoms with Crippen LogP contribution in [0, 0.1) is 0 Å². The molecular formula is C24H34N4O4S. The first kappa shape index (κ1) is 25.1. The monoisotopic (exact) mass is 474 g/mol. The van der Waals surface area contributed by atoms with Gasteiger partial charge >= 0.3 is 0 Å². The van der Waals surface area contributed by atoms with Crippen molar-refractivity contribution >= 4 is 17.7 Å². The van der Waals surface area contributed by atoms with Gasteiger partial charge in [0, 0.05) is 23.4 Å². The summed E-state index contributed by atoms with van der Waals surface area (Å²) in [5.41, 5.74) is 3.98. The number of benzene rings is 1. The van der Waals surface area contributed by atoms with E-state index in [0.29, 0.717) is 28.9 Å². The fraction of sp³-hybridized carbons (Fsp3) is 0.542. The molecule has 0 fully saturated rings. The van der Waals surface area contributed by atoms with Gasteiger partial charge in [0.1, 0.15) is 0 Å². The number of methoxy groups -OCH3 is 3. The zero-order valence-corrected chi connectivity index (χ0v) is 21.0. The van der Waals surface area contributed by atoms with Crippen LogP contribution in [-0.2, 0) is 17.6 Å². The maximum Gasteiger partial charge on any atom is 0.230 e. The molecule has 9 heteroatoms. The molecule has 3 rings (SSSR count). The Balaban J connectivity index is 1.84. The van der Waals surface area contributed by atoms with Crippen LogP contribution in [0.15, 0.2) is 17.3 Å². The highest BCUT2D eigenvalue weighted by molar-refractivity contribution is 7.99. The topological polar surface area (TPSA) is 85.8 Å². The highest BCUT2D eigenvalue weighted by atomic mass is 32.2. The number of hydrogen-bond acceptors (Lipinski definition) is 8. The molecule has 0 radical (unpaired) electrons. The molecule has 33 heavy (non-hydrogen) atoms. The van der Waals surface area contributed by atoms with Crippen molar-refractivity contribution < 1.29 is 19.0 Å². The number of aryl methyl sites for hydroxylation is 1. The van der Waals surface area contributed by atoms with Crippen LogP contribution in [0.4, 0.5) is 0 Å². The Morgan fingerprint density at radius 2 is 1.76 bits per heavy atom. The smallest absolute Gasteiger partial charge is 0.230 e. The van der Waals surface area contributed by atoms with Crippen LogP contribution in [0.5, 0.6) is 17.2 Å². The Labute approximate surface area is 200 Å². The lowest BCUT2D eigenvalue weighted by molar-refractivity contribution is -0.118. The van der Waals surface area contributed by atoms with Crippen LogP contribution < -0.4 is 19.5 Å². The molecule has 0 atom stereocenters. The summed E-state index contributed by atoms with van der Waals surface area (Å²) in [5.74, 6) is 2.00. The van der Waals surface area contributed by atoms with Crippen molar-refractivity contribution in [2.75, 3.05) is 54.3 Å². The van der Waals surface area contributed by atoms with E-state index in [1.54, 1.807) is 21.3 Å². The normalized spacial score (nSPS) is 12.9. The van der Waals surface area contributed by atoms with Crippen molar-refractivity contribution in [3.8, 4) is 28.5 Å². The number of thioether (sulfide) groups is 1. The van der Waals surface area contributed by atoms with E-state index >= 15 is 0 Å². The van der Waals surface area contributed by atoms with E-state index in [1.165, 1.54) is 11.8 Å². The molecule has 8 nitrogen and oxygen atoms in total. The third-order valence-corrected chi connectivity index (χ3v) is 6.38. The molecule has 0 aliphatic heterocycles. The van der Waals surface area contributed by atoms with Gasteiger partial charge in [0.2, 0.25) is 11.7 Å². The largest absolute Gasteiger partial charge is 0.493 e. The number of nitrogens with one attached hydrogen (secondary N) is 1. The van der Waals surface area contributed by atoms with Crippen molar-refractivity contribution in [2.24, 2.45) is 0 Å². The summed E-state index contributed by atoms with van der Waals surface area (Å²) in [7, 11) is 8.85. The van der Waals surface area contributed by atoms with Crippen molar-refractivity contribution in [1.82, 2.24) is 20.2 Å². The Bertz CT molecular complexity index is 943. The molecule has 0 unspecified atom stereocenters. The molecule has 1 N–H and O–H groups in total. The van der Waals surface area contributed by atoms with Gasteiger partial charge in [0.15, 0.2) is 16.7 Å². The van der Waals surface area contributed by atoms with Gasteiger partial charge in [-0.1, -0.05) is 11.8 Å². The van der Waals surface area contributed by atoms with Gasteiger partial charge in [0.25, 0.3) is 0 Å². The first-order valence-corrected chi connectivity index (χ1v) is 12.2. The van der Waals surface area contributed by atoms with Gasteiger partial charge in [-0.3, -0.25) is 4.79 Å². The molecule has 0 saturated heterocycles. The minimum absolute atomic E-state index is 0.00517. The number of ether oxygens (including phenoxy) is 3. The summed E-state index contributed by atoms with van der Waals surface area (Å²) in [4.78, 5) is 24.1. The predicted molar refractivity (Wildman–Crippen MR) is 131 cm³/mol. The van der Waals surface area contributed by atoms with Crippen LogP contribution >= 0.6 is 11.8 Å². The van der Waals surface area contributed by atoms with Gasteiger partial charge in [-0.25, -0.2) is 9.97 Å². The average Bonchev–Trinajstić information content (AvgIpc) is 2.83. The molecule has 1 aromatic heterocycles. The number of carbonyl (C=O) groups is 1. The second-order valence-corrected chi connectivity index (χ2v) is 9.14. The van der Waals surface area contributed by atoms with Gasteiger partial charge in [-0.2, -0.15) is 0 Å². The molecule has 1 aromatic carbocycles. The number of rotatable bonds is 11. The number of nitrogens with zero attached hydrogens (tertiary/aromatic N) is 3.